The molecule has 0 saturated carbocycles. The van der Waals surface area contributed by atoms with E-state index in [1.54, 1.807) is 18.5 Å². The first kappa shape index (κ1) is 20.2. The van der Waals surface area contributed by atoms with E-state index in [9.17, 15) is 4.79 Å². The van der Waals surface area contributed by atoms with E-state index in [0.29, 0.717) is 22.8 Å². The maximum absolute atomic E-state index is 11.8. The first-order valence-electron chi connectivity index (χ1n) is 9.54. The lowest BCUT2D eigenvalue weighted by Crippen LogP contribution is -2.24. The van der Waals surface area contributed by atoms with Crippen LogP contribution in [0.1, 0.15) is 48.9 Å². The molecule has 8 heteroatoms. The molecule has 7 nitrogen and oxygen atoms in total. The molecule has 0 aliphatic rings. The Hall–Kier alpha value is -2.51. The fraction of sp³-hybridized carbons (Fsp3) is 0.400. The standard InChI is InChI=1S/C20H24ClN5O2/c21-18-17-19(23-14-22-18)26(15-24-17)12-8-3-1-2-4-9-13-28-25-20(27)16-10-6-5-7-11-16/h5-7,10-11,14-15H,1-4,8-9,12-13H2,(H,25,27). The molecular formula is C20H24ClN5O2. The van der Waals surface area contributed by atoms with Crippen LogP contribution in [0.25, 0.3) is 11.2 Å². The smallest absolute Gasteiger partial charge is 0.274 e. The van der Waals surface area contributed by atoms with Crippen molar-refractivity contribution in [2.45, 2.75) is 45.1 Å². The lowest BCUT2D eigenvalue weighted by atomic mass is 10.1. The van der Waals surface area contributed by atoms with Gasteiger partial charge >= 0.3 is 0 Å². The van der Waals surface area contributed by atoms with Gasteiger partial charge in [0.15, 0.2) is 10.8 Å². The van der Waals surface area contributed by atoms with Crippen LogP contribution in [0.2, 0.25) is 5.15 Å². The minimum Gasteiger partial charge on any atom is -0.315 e. The number of amides is 1. The van der Waals surface area contributed by atoms with Crippen molar-refractivity contribution in [3.8, 4) is 0 Å². The van der Waals surface area contributed by atoms with Gasteiger partial charge in [0.05, 0.1) is 12.9 Å². The highest BCUT2D eigenvalue weighted by Gasteiger charge is 2.07. The largest absolute Gasteiger partial charge is 0.315 e. The Labute approximate surface area is 169 Å². The number of benzene rings is 1. The summed E-state index contributed by atoms with van der Waals surface area (Å²) in [5.41, 5.74) is 4.52. The summed E-state index contributed by atoms with van der Waals surface area (Å²) in [5, 5.41) is 0.394. The molecule has 1 amide bonds. The number of carbonyl (C=O) groups excluding carboxylic acids is 1. The van der Waals surface area contributed by atoms with Gasteiger partial charge in [-0.25, -0.2) is 20.4 Å². The second-order valence-electron chi connectivity index (χ2n) is 6.54. The highest BCUT2D eigenvalue weighted by Crippen LogP contribution is 2.17. The lowest BCUT2D eigenvalue weighted by molar-refractivity contribution is 0.0297. The number of carbonyl (C=O) groups is 1. The number of imidazole rings is 1. The summed E-state index contributed by atoms with van der Waals surface area (Å²) in [5.74, 6) is -0.209. The molecule has 3 rings (SSSR count). The molecular weight excluding hydrogens is 378 g/mol. The molecule has 0 bridgehead atoms. The second kappa shape index (κ2) is 10.7. The molecule has 0 spiro atoms. The van der Waals surface area contributed by atoms with Crippen LogP contribution in [0.5, 0.6) is 0 Å². The van der Waals surface area contributed by atoms with E-state index in [1.807, 2.05) is 22.8 Å². The number of halogens is 1. The van der Waals surface area contributed by atoms with Crippen molar-refractivity contribution >= 4 is 28.7 Å². The minimum absolute atomic E-state index is 0.209. The molecule has 0 unspecified atom stereocenters. The van der Waals surface area contributed by atoms with Crippen molar-refractivity contribution in [3.63, 3.8) is 0 Å². The summed E-state index contributed by atoms with van der Waals surface area (Å²) in [6.07, 6.45) is 9.77. The van der Waals surface area contributed by atoms with Crippen molar-refractivity contribution in [3.05, 3.63) is 53.7 Å². The summed E-state index contributed by atoms with van der Waals surface area (Å²) in [6.45, 7) is 1.40. The van der Waals surface area contributed by atoms with E-state index in [2.05, 4.69) is 20.4 Å². The van der Waals surface area contributed by atoms with Gasteiger partial charge < -0.3 is 4.57 Å². The second-order valence-corrected chi connectivity index (χ2v) is 6.90. The van der Waals surface area contributed by atoms with E-state index < -0.39 is 0 Å². The molecule has 1 aromatic carbocycles. The van der Waals surface area contributed by atoms with Gasteiger partial charge in [-0.1, -0.05) is 55.5 Å². The van der Waals surface area contributed by atoms with Crippen LogP contribution < -0.4 is 5.48 Å². The van der Waals surface area contributed by atoms with E-state index in [1.165, 1.54) is 12.7 Å². The Morgan fingerprint density at radius 3 is 2.57 bits per heavy atom. The minimum atomic E-state index is -0.209. The predicted octanol–water partition coefficient (Wildman–Crippen LogP) is 4.18. The molecule has 28 heavy (non-hydrogen) atoms. The van der Waals surface area contributed by atoms with E-state index in [0.717, 1.165) is 44.3 Å². The summed E-state index contributed by atoms with van der Waals surface area (Å²) in [6, 6.07) is 9.04. The summed E-state index contributed by atoms with van der Waals surface area (Å²) in [7, 11) is 0. The van der Waals surface area contributed by atoms with E-state index in [4.69, 9.17) is 16.4 Å². The number of hydroxylamine groups is 1. The predicted molar refractivity (Wildman–Crippen MR) is 108 cm³/mol. The average molecular weight is 402 g/mol. The van der Waals surface area contributed by atoms with Gasteiger partial charge in [0.2, 0.25) is 0 Å². The molecule has 0 radical (unpaired) electrons. The van der Waals surface area contributed by atoms with E-state index >= 15 is 0 Å². The zero-order valence-corrected chi connectivity index (χ0v) is 16.4. The molecule has 1 N–H and O–H groups in total. The molecule has 0 aliphatic heterocycles. The molecule has 2 heterocycles. The molecule has 148 valence electrons. The molecule has 0 fully saturated rings. The number of rotatable bonds is 11. The van der Waals surface area contributed by atoms with Crippen molar-refractivity contribution < 1.29 is 9.63 Å². The van der Waals surface area contributed by atoms with Gasteiger partial charge in [-0.15, -0.1) is 0 Å². The SMILES string of the molecule is O=C(NOCCCCCCCCn1cnc2c(Cl)ncnc21)c1ccccc1. The Kier molecular flexibility index (Phi) is 7.75. The Bertz CT molecular complexity index is 885. The van der Waals surface area contributed by atoms with Gasteiger partial charge in [-0.3, -0.25) is 9.63 Å². The monoisotopic (exact) mass is 401 g/mol. The third kappa shape index (κ3) is 5.74. The number of nitrogens with zero attached hydrogens (tertiary/aromatic N) is 4. The number of hydrogen-bond donors (Lipinski definition) is 1. The van der Waals surface area contributed by atoms with Crippen molar-refractivity contribution in [2.75, 3.05) is 6.61 Å². The van der Waals surface area contributed by atoms with Gasteiger partial charge in [0, 0.05) is 12.1 Å². The highest BCUT2D eigenvalue weighted by atomic mass is 35.5. The van der Waals surface area contributed by atoms with Gasteiger partial charge in [0.25, 0.3) is 5.91 Å². The van der Waals surface area contributed by atoms with Gasteiger partial charge in [-0.2, -0.15) is 0 Å². The number of nitrogens with one attached hydrogen (secondary N) is 1. The fourth-order valence-electron chi connectivity index (χ4n) is 2.94. The number of fused-ring (bicyclic) bond motifs is 1. The highest BCUT2D eigenvalue weighted by molar-refractivity contribution is 6.33. The Morgan fingerprint density at radius 2 is 1.75 bits per heavy atom. The molecule has 0 saturated heterocycles. The zero-order chi connectivity index (χ0) is 19.6. The van der Waals surface area contributed by atoms with Crippen LogP contribution in [0.15, 0.2) is 43.0 Å². The topological polar surface area (TPSA) is 81.9 Å². The maximum atomic E-state index is 11.8. The quantitative estimate of drug-likeness (QED) is 0.296. The number of aromatic nitrogens is 4. The van der Waals surface area contributed by atoms with Gasteiger partial charge in [0.1, 0.15) is 11.8 Å². The Balaban J connectivity index is 1.21. The molecule has 0 atom stereocenters. The van der Waals surface area contributed by atoms with Crippen LogP contribution in [0.3, 0.4) is 0 Å². The normalized spacial score (nSPS) is 11.0. The Morgan fingerprint density at radius 1 is 1.00 bits per heavy atom. The van der Waals surface area contributed by atoms with Crippen molar-refractivity contribution in [2.24, 2.45) is 0 Å². The van der Waals surface area contributed by atoms with Crippen molar-refractivity contribution in [1.29, 1.82) is 0 Å². The van der Waals surface area contributed by atoms with E-state index in [-0.39, 0.29) is 5.91 Å². The third-order valence-corrected chi connectivity index (χ3v) is 4.73. The maximum Gasteiger partial charge on any atom is 0.274 e. The lowest BCUT2D eigenvalue weighted by Gasteiger charge is -2.06. The summed E-state index contributed by atoms with van der Waals surface area (Å²) in [4.78, 5) is 29.5. The van der Waals surface area contributed by atoms with Crippen LogP contribution in [-0.4, -0.2) is 32.0 Å². The molecule has 0 aliphatic carbocycles. The van der Waals surface area contributed by atoms with Gasteiger partial charge in [-0.05, 0) is 25.0 Å². The van der Waals surface area contributed by atoms with Crippen LogP contribution in [0, 0.1) is 0 Å². The van der Waals surface area contributed by atoms with Crippen LogP contribution in [-0.2, 0) is 11.4 Å². The first-order chi connectivity index (χ1) is 13.8. The average Bonchev–Trinajstić information content (AvgIpc) is 3.14. The third-order valence-electron chi connectivity index (χ3n) is 4.45. The molecule has 2 aromatic heterocycles. The number of hydrogen-bond acceptors (Lipinski definition) is 5. The summed E-state index contributed by atoms with van der Waals surface area (Å²) >= 11 is 6.01. The van der Waals surface area contributed by atoms with Crippen LogP contribution in [0.4, 0.5) is 0 Å². The first-order valence-corrected chi connectivity index (χ1v) is 9.92. The fourth-order valence-corrected chi connectivity index (χ4v) is 3.12. The molecule has 3 aromatic rings. The van der Waals surface area contributed by atoms with Crippen molar-refractivity contribution in [1.82, 2.24) is 25.0 Å². The number of unbranched alkanes of at least 4 members (excludes halogenated alkanes) is 5. The number of aryl methyl sites for hydroxylation is 1. The van der Waals surface area contributed by atoms with Crippen LogP contribution >= 0.6 is 11.6 Å². The summed E-state index contributed by atoms with van der Waals surface area (Å²) < 4.78 is 2.02. The zero-order valence-electron chi connectivity index (χ0n) is 15.7.